The number of nitrogens with two attached hydrogens (primary N) is 1. The van der Waals surface area contributed by atoms with Crippen molar-refractivity contribution in [2.24, 2.45) is 5.41 Å². The van der Waals surface area contributed by atoms with Gasteiger partial charge in [-0.25, -0.2) is 43.8 Å². The molecule has 27 heteroatoms. The Labute approximate surface area is 332 Å². The molecule has 3 fully saturated rings. The second kappa shape index (κ2) is 15.8. The van der Waals surface area contributed by atoms with Gasteiger partial charge in [0.15, 0.2) is 35.7 Å². The van der Waals surface area contributed by atoms with Crippen molar-refractivity contribution in [3.8, 4) is 0 Å². The SMILES string of the molecule is Cc1ncnc2c1ncn2[C@@H]1O[C@@H]2COP(=O)(O)O[C@H]3[C@@H](OC(=O)OC4/C=C/CCC(C)(C(=O)O)CC4)[C@H](n4cnc5c(N)ncnc54)O[C@@H]3COP(=O)(O)O[C@@H]1[C@@H]2O. The van der Waals surface area contributed by atoms with Crippen molar-refractivity contribution in [2.75, 3.05) is 18.9 Å². The Bertz CT molecular complexity index is 2380. The predicted molar refractivity (Wildman–Crippen MR) is 193 cm³/mol. The zero-order chi connectivity index (χ0) is 41.9. The molecule has 0 aromatic carbocycles. The number of aromatic nitrogens is 8. The van der Waals surface area contributed by atoms with Gasteiger partial charge in [0, 0.05) is 0 Å². The van der Waals surface area contributed by atoms with Crippen LogP contribution in [0.3, 0.4) is 0 Å². The molecular formula is C32H39N9O16P2. The average molecular weight is 868 g/mol. The van der Waals surface area contributed by atoms with Crippen LogP contribution in [0.15, 0.2) is 37.5 Å². The molecule has 3 saturated heterocycles. The number of carboxylic acids is 1. The summed E-state index contributed by atoms with van der Waals surface area (Å²) < 4.78 is 75.3. The molecule has 318 valence electrons. The third kappa shape index (κ3) is 8.20. The van der Waals surface area contributed by atoms with Crippen LogP contribution in [0.4, 0.5) is 10.6 Å². The number of carbonyl (C=O) groups is 2. The Kier molecular flexibility index (Phi) is 11.1. The van der Waals surface area contributed by atoms with Crippen LogP contribution in [0.25, 0.3) is 22.3 Å². The van der Waals surface area contributed by atoms with E-state index in [4.69, 9.17) is 42.8 Å². The van der Waals surface area contributed by atoms with E-state index in [1.165, 1.54) is 28.1 Å². The molecule has 59 heavy (non-hydrogen) atoms. The monoisotopic (exact) mass is 867 g/mol. The van der Waals surface area contributed by atoms with Crippen LogP contribution in [0.5, 0.6) is 0 Å². The lowest BCUT2D eigenvalue weighted by Crippen LogP contribution is -2.40. The molecule has 25 nitrogen and oxygen atoms in total. The van der Waals surface area contributed by atoms with Gasteiger partial charge in [0.1, 0.15) is 60.3 Å². The molecule has 8 rings (SSSR count). The van der Waals surface area contributed by atoms with Crippen LogP contribution in [0.1, 0.15) is 50.8 Å². The van der Waals surface area contributed by atoms with Gasteiger partial charge in [-0.3, -0.25) is 32.0 Å². The van der Waals surface area contributed by atoms with Crippen LogP contribution in [0, 0.1) is 12.3 Å². The molecule has 0 amide bonds. The Hall–Kier alpha value is -4.52. The molecule has 12 atom stereocenters. The van der Waals surface area contributed by atoms with Gasteiger partial charge in [0.2, 0.25) is 0 Å². The zero-order valence-corrected chi connectivity index (χ0v) is 32.9. The van der Waals surface area contributed by atoms with E-state index in [1.54, 1.807) is 26.0 Å². The lowest BCUT2D eigenvalue weighted by Gasteiger charge is -2.29. The molecular weight excluding hydrogens is 828 g/mol. The number of hydrogen-bond acceptors (Lipinski definition) is 20. The first-order chi connectivity index (χ1) is 28.0. The minimum Gasteiger partial charge on any atom is -0.481 e. The summed E-state index contributed by atoms with van der Waals surface area (Å²) in [5.41, 5.74) is 6.17. The van der Waals surface area contributed by atoms with Crippen molar-refractivity contribution in [1.29, 1.82) is 0 Å². The van der Waals surface area contributed by atoms with E-state index >= 15 is 0 Å². The van der Waals surface area contributed by atoms with Crippen LogP contribution in [-0.2, 0) is 51.0 Å². The van der Waals surface area contributed by atoms with E-state index in [1.807, 2.05) is 0 Å². The Morgan fingerprint density at radius 2 is 1.49 bits per heavy atom. The number of carbonyl (C=O) groups excluding carboxylic acids is 1. The maximum Gasteiger partial charge on any atom is 0.509 e. The van der Waals surface area contributed by atoms with Gasteiger partial charge in [-0.05, 0) is 45.6 Å². The minimum atomic E-state index is -5.26. The molecule has 4 aromatic rings. The van der Waals surface area contributed by atoms with Gasteiger partial charge >= 0.3 is 27.8 Å². The first-order valence-electron chi connectivity index (χ1n) is 18.2. The number of phosphoric ester groups is 2. The Morgan fingerprint density at radius 3 is 2.22 bits per heavy atom. The Morgan fingerprint density at radius 1 is 0.864 bits per heavy atom. The zero-order valence-electron chi connectivity index (χ0n) is 31.1. The summed E-state index contributed by atoms with van der Waals surface area (Å²) in [6, 6.07) is 0. The first-order valence-corrected chi connectivity index (χ1v) is 21.2. The fourth-order valence-corrected chi connectivity index (χ4v) is 9.23. The highest BCUT2D eigenvalue weighted by molar-refractivity contribution is 7.47. The molecule has 1 aliphatic carbocycles. The largest absolute Gasteiger partial charge is 0.509 e. The number of aliphatic hydroxyl groups is 1. The number of fused-ring (bicyclic) bond motifs is 5. The van der Waals surface area contributed by atoms with Crippen LogP contribution >= 0.6 is 15.6 Å². The molecule has 7 heterocycles. The molecule has 6 N–H and O–H groups in total. The van der Waals surface area contributed by atoms with Gasteiger partial charge in [0.25, 0.3) is 0 Å². The number of aryl methyl sites for hydroxylation is 1. The highest BCUT2D eigenvalue weighted by Gasteiger charge is 2.56. The van der Waals surface area contributed by atoms with Crippen molar-refractivity contribution in [3.63, 3.8) is 0 Å². The number of phosphoric acid groups is 2. The predicted octanol–water partition coefficient (Wildman–Crippen LogP) is 1.84. The lowest BCUT2D eigenvalue weighted by molar-refractivity contribution is -0.149. The van der Waals surface area contributed by atoms with Crippen LogP contribution < -0.4 is 5.73 Å². The van der Waals surface area contributed by atoms with E-state index < -0.39 is 102 Å². The summed E-state index contributed by atoms with van der Waals surface area (Å²) in [5.74, 6) is -1.02. The molecule has 4 aromatic heterocycles. The number of nitrogens with zero attached hydrogens (tertiary/aromatic N) is 8. The summed E-state index contributed by atoms with van der Waals surface area (Å²) >= 11 is 0. The first kappa shape index (κ1) is 41.2. The van der Waals surface area contributed by atoms with Crippen LogP contribution in [-0.4, -0.2) is 127 Å². The van der Waals surface area contributed by atoms with Gasteiger partial charge in [-0.2, -0.15) is 0 Å². The minimum absolute atomic E-state index is 0.0227. The van der Waals surface area contributed by atoms with Crippen molar-refractivity contribution in [1.82, 2.24) is 39.0 Å². The number of rotatable bonds is 5. The normalized spacial score (nSPS) is 37.3. The van der Waals surface area contributed by atoms with E-state index in [0.29, 0.717) is 24.1 Å². The third-order valence-corrected chi connectivity index (χ3v) is 12.5. The second-order valence-electron chi connectivity index (χ2n) is 14.5. The van der Waals surface area contributed by atoms with Crippen molar-refractivity contribution < 1.29 is 75.8 Å². The van der Waals surface area contributed by atoms with Gasteiger partial charge < -0.3 is 44.7 Å². The highest BCUT2D eigenvalue weighted by atomic mass is 31.2. The number of hydrogen-bond donors (Lipinski definition) is 5. The summed E-state index contributed by atoms with van der Waals surface area (Å²) in [5, 5.41) is 21.1. The maximum absolute atomic E-state index is 13.7. The third-order valence-electron chi connectivity index (χ3n) is 10.6. The number of imidazole rings is 2. The molecule has 4 unspecified atom stereocenters. The molecule has 0 radical (unpaired) electrons. The number of aliphatic carboxylic acids is 1. The topological polar surface area (TPSA) is 336 Å². The van der Waals surface area contributed by atoms with Gasteiger partial charge in [-0.1, -0.05) is 6.08 Å². The molecule has 0 spiro atoms. The number of aliphatic hydroxyl groups excluding tert-OH is 1. The molecule has 0 saturated carbocycles. The van der Waals surface area contributed by atoms with E-state index in [-0.39, 0.29) is 35.5 Å². The van der Waals surface area contributed by atoms with Gasteiger partial charge in [0.05, 0.1) is 37.0 Å². The van der Waals surface area contributed by atoms with Gasteiger partial charge in [-0.15, -0.1) is 0 Å². The standard InChI is InChI=1S/C32H39N9O16P2/c1-15-19-26(36-11-34-15)40(13-38-19)28-23-21(42)17(53-28)9-50-58(46,47)56-22-18(10-51-59(48,49)57-23)54-29(41-14-39-20-25(33)35-12-37-27(20)41)24(22)55-31(45)52-16-5-3-4-7-32(2,8-6-16)30(43)44/h3,5,11-14,16-18,21-24,28-29,42H,4,6-10H2,1-2H3,(H,43,44)(H,46,47)(H,48,49)(H2,33,35,37)/b5-3+/t16?,17-,18-,21-,22-,23-,24-,28-,29-,32?/m1/s1. The maximum atomic E-state index is 13.7. The molecule has 3 aliphatic heterocycles. The highest BCUT2D eigenvalue weighted by Crippen LogP contribution is 2.54. The van der Waals surface area contributed by atoms with E-state index in [2.05, 4.69) is 29.9 Å². The summed E-state index contributed by atoms with van der Waals surface area (Å²) in [6.07, 6.45) is -6.00. The smallest absolute Gasteiger partial charge is 0.481 e. The average Bonchev–Trinajstić information content (AvgIpc) is 3.94. The lowest BCUT2D eigenvalue weighted by atomic mass is 9.79. The van der Waals surface area contributed by atoms with Crippen molar-refractivity contribution >= 4 is 55.9 Å². The Balaban J connectivity index is 1.10. The number of ether oxygens (including phenoxy) is 4. The fourth-order valence-electron chi connectivity index (χ4n) is 7.33. The number of nitrogen functional groups attached to an aromatic ring is 1. The fraction of sp³-hybridized carbons (Fsp3) is 0.562. The van der Waals surface area contributed by atoms with Crippen molar-refractivity contribution in [2.45, 2.75) is 94.7 Å². The van der Waals surface area contributed by atoms with E-state index in [9.17, 15) is 38.7 Å². The number of carboxylic acid groups (broad SMARTS) is 1. The molecule has 2 bridgehead atoms. The summed E-state index contributed by atoms with van der Waals surface area (Å²) in [7, 11) is -10.5. The van der Waals surface area contributed by atoms with Crippen molar-refractivity contribution in [3.05, 3.63) is 43.2 Å². The quantitative estimate of drug-likeness (QED) is 0.108. The summed E-state index contributed by atoms with van der Waals surface area (Å²) in [4.78, 5) is 72.6. The number of allylic oxidation sites excluding steroid dienone is 1. The second-order valence-corrected chi connectivity index (χ2v) is 17.3. The number of anilines is 1. The van der Waals surface area contributed by atoms with E-state index in [0.717, 1.165) is 6.33 Å². The molecule has 4 aliphatic rings. The summed E-state index contributed by atoms with van der Waals surface area (Å²) in [6.45, 7) is 1.53. The van der Waals surface area contributed by atoms with Crippen LogP contribution in [0.2, 0.25) is 0 Å².